The summed E-state index contributed by atoms with van der Waals surface area (Å²) in [6, 6.07) is 16.6. The van der Waals surface area contributed by atoms with E-state index in [2.05, 4.69) is 15.5 Å². The molecular weight excluding hydrogens is 392 g/mol. The minimum Gasteiger partial charge on any atom is -0.352 e. The Kier molecular flexibility index (Phi) is 5.39. The Balaban J connectivity index is 1.48. The largest absolute Gasteiger partial charge is 0.352 e. The summed E-state index contributed by atoms with van der Waals surface area (Å²) in [5, 5.41) is 7.73. The zero-order valence-electron chi connectivity index (χ0n) is 15.3. The molecule has 4 aromatic rings. The number of nitrogens with zero attached hydrogens (tertiary/aromatic N) is 3. The maximum Gasteiger partial charge on any atom is 0.266 e. The van der Waals surface area contributed by atoms with Gasteiger partial charge in [0, 0.05) is 30.1 Å². The minimum absolute atomic E-state index is 0.139. The van der Waals surface area contributed by atoms with Gasteiger partial charge in [0.25, 0.3) is 11.3 Å². The number of fused-ring (bicyclic) bond motifs is 1. The van der Waals surface area contributed by atoms with Crippen molar-refractivity contribution in [2.45, 2.75) is 19.5 Å². The highest BCUT2D eigenvalue weighted by atomic mass is 35.5. The molecule has 0 saturated heterocycles. The molecule has 0 aliphatic heterocycles. The fourth-order valence-corrected chi connectivity index (χ4v) is 3.20. The lowest BCUT2D eigenvalue weighted by Gasteiger charge is -2.07. The molecule has 1 amide bonds. The van der Waals surface area contributed by atoms with E-state index in [0.29, 0.717) is 22.6 Å². The van der Waals surface area contributed by atoms with E-state index in [4.69, 9.17) is 16.1 Å². The van der Waals surface area contributed by atoms with Crippen molar-refractivity contribution in [2.75, 3.05) is 0 Å². The van der Waals surface area contributed by atoms with E-state index in [0.717, 1.165) is 11.1 Å². The summed E-state index contributed by atoms with van der Waals surface area (Å²) in [6.45, 7) is 0.567. The second kappa shape index (κ2) is 8.28. The number of benzene rings is 2. The number of hydrogen-bond donors (Lipinski definition) is 1. The van der Waals surface area contributed by atoms with E-state index in [9.17, 15) is 9.59 Å². The topological polar surface area (TPSA) is 90.0 Å². The first kappa shape index (κ1) is 18.9. The number of aromatic nitrogens is 3. The SMILES string of the molecule is O=C(CCn1cnc2onc(-c3ccccc3)c2c1=O)NCc1cccc(Cl)c1. The molecule has 0 bridgehead atoms. The lowest BCUT2D eigenvalue weighted by atomic mass is 10.1. The van der Waals surface area contributed by atoms with Gasteiger partial charge in [-0.05, 0) is 17.7 Å². The molecule has 29 heavy (non-hydrogen) atoms. The van der Waals surface area contributed by atoms with Gasteiger partial charge in [0.05, 0.1) is 0 Å². The smallest absolute Gasteiger partial charge is 0.266 e. The predicted molar refractivity (Wildman–Crippen MR) is 109 cm³/mol. The van der Waals surface area contributed by atoms with Crippen LogP contribution >= 0.6 is 11.6 Å². The quantitative estimate of drug-likeness (QED) is 0.528. The molecule has 7 nitrogen and oxygen atoms in total. The molecule has 0 aliphatic rings. The standard InChI is InChI=1S/C21H17ClN4O3/c22-16-8-4-5-14(11-16)12-23-17(27)9-10-26-13-24-20-18(21(26)28)19(25-29-20)15-6-2-1-3-7-15/h1-8,11,13H,9-10,12H2,(H,23,27). The van der Waals surface area contributed by atoms with Crippen LogP contribution in [0.4, 0.5) is 0 Å². The molecular formula is C21H17ClN4O3. The lowest BCUT2D eigenvalue weighted by molar-refractivity contribution is -0.121. The Morgan fingerprint density at radius 1 is 1.14 bits per heavy atom. The second-order valence-corrected chi connectivity index (χ2v) is 6.91. The van der Waals surface area contributed by atoms with Crippen LogP contribution in [0.15, 0.2) is 70.2 Å². The Morgan fingerprint density at radius 2 is 1.97 bits per heavy atom. The summed E-state index contributed by atoms with van der Waals surface area (Å²) in [6.07, 6.45) is 1.51. The van der Waals surface area contributed by atoms with Gasteiger partial charge in [-0.1, -0.05) is 59.2 Å². The maximum absolute atomic E-state index is 12.9. The van der Waals surface area contributed by atoms with Crippen LogP contribution in [0, 0.1) is 0 Å². The number of nitrogens with one attached hydrogen (secondary N) is 1. The third kappa shape index (κ3) is 4.20. The van der Waals surface area contributed by atoms with Crippen LogP contribution in [0.25, 0.3) is 22.4 Å². The van der Waals surface area contributed by atoms with Crippen LogP contribution < -0.4 is 10.9 Å². The van der Waals surface area contributed by atoms with Crippen LogP contribution in [-0.4, -0.2) is 20.6 Å². The summed E-state index contributed by atoms with van der Waals surface area (Å²) < 4.78 is 6.59. The molecule has 0 saturated carbocycles. The fraction of sp³-hybridized carbons (Fsp3) is 0.143. The van der Waals surface area contributed by atoms with E-state index in [1.807, 2.05) is 42.5 Å². The molecule has 8 heteroatoms. The number of carbonyl (C=O) groups excluding carboxylic acids is 1. The Hall–Kier alpha value is -3.45. The first-order chi connectivity index (χ1) is 14.1. The van der Waals surface area contributed by atoms with Crippen molar-refractivity contribution in [3.63, 3.8) is 0 Å². The van der Waals surface area contributed by atoms with Gasteiger partial charge in [-0.3, -0.25) is 14.2 Å². The number of aryl methyl sites for hydroxylation is 1. The van der Waals surface area contributed by atoms with Gasteiger partial charge in [-0.25, -0.2) is 4.98 Å². The average Bonchev–Trinajstić information content (AvgIpc) is 3.17. The Labute approximate surface area is 170 Å². The van der Waals surface area contributed by atoms with Crippen molar-refractivity contribution in [3.8, 4) is 11.3 Å². The van der Waals surface area contributed by atoms with Crippen LogP contribution in [0.3, 0.4) is 0 Å². The van der Waals surface area contributed by atoms with Gasteiger partial charge in [-0.2, -0.15) is 0 Å². The summed E-state index contributed by atoms with van der Waals surface area (Å²) in [7, 11) is 0. The summed E-state index contributed by atoms with van der Waals surface area (Å²) in [5.74, 6) is -0.175. The highest BCUT2D eigenvalue weighted by molar-refractivity contribution is 6.30. The van der Waals surface area contributed by atoms with E-state index in [-0.39, 0.29) is 30.1 Å². The molecule has 1 N–H and O–H groups in total. The average molecular weight is 409 g/mol. The number of carbonyl (C=O) groups is 1. The molecule has 0 unspecified atom stereocenters. The lowest BCUT2D eigenvalue weighted by Crippen LogP contribution is -2.27. The molecule has 2 heterocycles. The summed E-state index contributed by atoms with van der Waals surface area (Å²) >= 11 is 5.94. The number of halogens is 1. The van der Waals surface area contributed by atoms with Gasteiger partial charge in [-0.15, -0.1) is 0 Å². The minimum atomic E-state index is -0.294. The molecule has 0 spiro atoms. The first-order valence-electron chi connectivity index (χ1n) is 9.03. The van der Waals surface area contributed by atoms with Gasteiger partial charge >= 0.3 is 0 Å². The maximum atomic E-state index is 12.9. The highest BCUT2D eigenvalue weighted by Crippen LogP contribution is 2.23. The third-order valence-corrected chi connectivity index (χ3v) is 4.70. The van der Waals surface area contributed by atoms with Crippen molar-refractivity contribution in [1.29, 1.82) is 0 Å². The zero-order valence-corrected chi connectivity index (χ0v) is 16.1. The first-order valence-corrected chi connectivity index (χ1v) is 9.41. The molecule has 0 fully saturated rings. The van der Waals surface area contributed by atoms with Crippen molar-refractivity contribution in [2.24, 2.45) is 0 Å². The Morgan fingerprint density at radius 3 is 2.76 bits per heavy atom. The number of hydrogen-bond acceptors (Lipinski definition) is 5. The van der Waals surface area contributed by atoms with Crippen molar-refractivity contribution < 1.29 is 9.32 Å². The van der Waals surface area contributed by atoms with Crippen LogP contribution in [0.1, 0.15) is 12.0 Å². The molecule has 0 radical (unpaired) electrons. The van der Waals surface area contributed by atoms with Crippen LogP contribution in [0.2, 0.25) is 5.02 Å². The highest BCUT2D eigenvalue weighted by Gasteiger charge is 2.17. The van der Waals surface area contributed by atoms with Gasteiger partial charge in [0.15, 0.2) is 0 Å². The van der Waals surface area contributed by atoms with Gasteiger partial charge in [0.1, 0.15) is 17.4 Å². The molecule has 4 rings (SSSR count). The van der Waals surface area contributed by atoms with E-state index in [1.165, 1.54) is 10.9 Å². The number of rotatable bonds is 6. The molecule has 146 valence electrons. The zero-order chi connectivity index (χ0) is 20.2. The molecule has 0 atom stereocenters. The van der Waals surface area contributed by atoms with Crippen molar-refractivity contribution in [1.82, 2.24) is 20.0 Å². The summed E-state index contributed by atoms with van der Waals surface area (Å²) in [4.78, 5) is 29.2. The number of amides is 1. The van der Waals surface area contributed by atoms with E-state index >= 15 is 0 Å². The summed E-state index contributed by atoms with van der Waals surface area (Å²) in [5.41, 5.74) is 2.00. The third-order valence-electron chi connectivity index (χ3n) is 4.47. The van der Waals surface area contributed by atoms with Crippen LogP contribution in [-0.2, 0) is 17.9 Å². The van der Waals surface area contributed by atoms with E-state index < -0.39 is 0 Å². The second-order valence-electron chi connectivity index (χ2n) is 6.48. The van der Waals surface area contributed by atoms with Crippen molar-refractivity contribution in [3.05, 3.63) is 81.9 Å². The normalized spacial score (nSPS) is 10.9. The predicted octanol–water partition coefficient (Wildman–Crippen LogP) is 3.41. The van der Waals surface area contributed by atoms with E-state index in [1.54, 1.807) is 12.1 Å². The Bertz CT molecular complexity index is 1220. The van der Waals surface area contributed by atoms with Crippen molar-refractivity contribution >= 4 is 28.6 Å². The monoisotopic (exact) mass is 408 g/mol. The fourth-order valence-electron chi connectivity index (χ4n) is 2.99. The van der Waals surface area contributed by atoms with Gasteiger partial charge in [0.2, 0.25) is 5.91 Å². The molecule has 2 aromatic heterocycles. The molecule has 0 aliphatic carbocycles. The van der Waals surface area contributed by atoms with Crippen LogP contribution in [0.5, 0.6) is 0 Å². The van der Waals surface area contributed by atoms with Gasteiger partial charge < -0.3 is 9.84 Å². The molecule has 2 aromatic carbocycles.